The van der Waals surface area contributed by atoms with Crippen LogP contribution in [0.2, 0.25) is 0 Å². The maximum atomic E-state index is 11.3. The minimum atomic E-state index is -0.0349. The summed E-state index contributed by atoms with van der Waals surface area (Å²) in [5.41, 5.74) is 0. The molecular formula is C9H15NO3. The number of Topliss-reactive ketones (excluding diaryl/α,β-unsaturated/α-hetero) is 1. The number of methoxy groups -OCH3 is 1. The van der Waals surface area contributed by atoms with Crippen LogP contribution in [0.1, 0.15) is 19.3 Å². The molecule has 1 aliphatic heterocycles. The zero-order valence-corrected chi connectivity index (χ0v) is 7.91. The first kappa shape index (κ1) is 10.2. The Kier molecular flexibility index (Phi) is 3.89. The van der Waals surface area contributed by atoms with E-state index in [0.29, 0.717) is 26.1 Å². The molecule has 0 aliphatic carbocycles. The summed E-state index contributed by atoms with van der Waals surface area (Å²) < 4.78 is 4.88. The van der Waals surface area contributed by atoms with Gasteiger partial charge >= 0.3 is 0 Å². The van der Waals surface area contributed by atoms with Crippen molar-refractivity contribution in [2.75, 3.05) is 26.8 Å². The Hall–Kier alpha value is -0.900. The fraction of sp³-hybridized carbons (Fsp3) is 0.778. The van der Waals surface area contributed by atoms with Crippen LogP contribution in [0.5, 0.6) is 0 Å². The van der Waals surface area contributed by atoms with Crippen LogP contribution in [-0.2, 0) is 14.3 Å². The van der Waals surface area contributed by atoms with Crippen LogP contribution in [0.25, 0.3) is 0 Å². The Morgan fingerprint density at radius 1 is 1.46 bits per heavy atom. The van der Waals surface area contributed by atoms with Crippen LogP contribution in [0, 0.1) is 0 Å². The largest absolute Gasteiger partial charge is 0.385 e. The maximum Gasteiger partial charge on any atom is 0.230 e. The number of nitrogens with zero attached hydrogens (tertiary/aromatic N) is 1. The third kappa shape index (κ3) is 3.14. The van der Waals surface area contributed by atoms with Crippen LogP contribution in [0.3, 0.4) is 0 Å². The molecule has 0 aromatic rings. The van der Waals surface area contributed by atoms with Crippen LogP contribution < -0.4 is 0 Å². The van der Waals surface area contributed by atoms with E-state index < -0.39 is 0 Å². The minimum Gasteiger partial charge on any atom is -0.385 e. The summed E-state index contributed by atoms with van der Waals surface area (Å²) in [6.07, 6.45) is 1.45. The highest BCUT2D eigenvalue weighted by molar-refractivity contribution is 6.00. The molecule has 0 atom stereocenters. The number of rotatable bonds is 4. The molecule has 0 unspecified atom stereocenters. The third-order valence-electron chi connectivity index (χ3n) is 2.14. The number of amides is 1. The van der Waals surface area contributed by atoms with Gasteiger partial charge in [-0.15, -0.1) is 0 Å². The highest BCUT2D eigenvalue weighted by atomic mass is 16.5. The zero-order valence-electron chi connectivity index (χ0n) is 7.91. The molecule has 0 aromatic carbocycles. The van der Waals surface area contributed by atoms with Gasteiger partial charge in [-0.1, -0.05) is 0 Å². The van der Waals surface area contributed by atoms with Gasteiger partial charge in [-0.3, -0.25) is 9.59 Å². The maximum absolute atomic E-state index is 11.3. The Bertz CT molecular complexity index is 203. The fourth-order valence-electron chi connectivity index (χ4n) is 1.39. The summed E-state index contributed by atoms with van der Waals surface area (Å²) in [6.45, 7) is 1.96. The van der Waals surface area contributed by atoms with Crippen LogP contribution in [-0.4, -0.2) is 43.4 Å². The molecule has 1 saturated heterocycles. The molecule has 1 amide bonds. The second kappa shape index (κ2) is 4.97. The average Bonchev–Trinajstić information content (AvgIpc) is 2.09. The third-order valence-corrected chi connectivity index (χ3v) is 2.14. The standard InChI is InChI=1S/C9H15NO3/c1-13-6-2-4-10-5-3-8(11)7-9(10)12/h2-7H2,1H3. The predicted molar refractivity (Wildman–Crippen MR) is 47.3 cm³/mol. The van der Waals surface area contributed by atoms with Crippen molar-refractivity contribution in [1.29, 1.82) is 0 Å². The van der Waals surface area contributed by atoms with Gasteiger partial charge in [0.1, 0.15) is 5.78 Å². The molecule has 1 heterocycles. The highest BCUT2D eigenvalue weighted by Crippen LogP contribution is 2.07. The Morgan fingerprint density at radius 2 is 2.23 bits per heavy atom. The number of carbonyl (C=O) groups excluding carboxylic acids is 2. The minimum absolute atomic E-state index is 0.0349. The molecule has 0 bridgehead atoms. The smallest absolute Gasteiger partial charge is 0.230 e. The summed E-state index contributed by atoms with van der Waals surface area (Å²) in [4.78, 5) is 23.9. The van der Waals surface area contributed by atoms with E-state index in [1.807, 2.05) is 0 Å². The van der Waals surface area contributed by atoms with Gasteiger partial charge in [0.05, 0.1) is 6.42 Å². The van der Waals surface area contributed by atoms with Gasteiger partial charge in [0, 0.05) is 33.2 Å². The first-order valence-corrected chi connectivity index (χ1v) is 4.52. The van der Waals surface area contributed by atoms with E-state index in [2.05, 4.69) is 0 Å². The van der Waals surface area contributed by atoms with E-state index >= 15 is 0 Å². The number of carbonyl (C=O) groups is 2. The molecule has 1 fully saturated rings. The summed E-state index contributed by atoms with van der Waals surface area (Å²) in [5, 5.41) is 0. The van der Waals surface area contributed by atoms with E-state index in [4.69, 9.17) is 4.74 Å². The number of piperidine rings is 1. The molecule has 1 aliphatic rings. The summed E-state index contributed by atoms with van der Waals surface area (Å²) in [5.74, 6) is 0.0281. The Labute approximate surface area is 77.8 Å². The molecule has 0 N–H and O–H groups in total. The van der Waals surface area contributed by atoms with E-state index in [-0.39, 0.29) is 18.1 Å². The highest BCUT2D eigenvalue weighted by Gasteiger charge is 2.22. The van der Waals surface area contributed by atoms with Gasteiger partial charge < -0.3 is 9.64 Å². The van der Waals surface area contributed by atoms with E-state index in [0.717, 1.165) is 6.42 Å². The van der Waals surface area contributed by atoms with Crippen LogP contribution in [0.15, 0.2) is 0 Å². The Balaban J connectivity index is 2.26. The molecule has 0 radical (unpaired) electrons. The SMILES string of the molecule is COCCCN1CCC(=O)CC1=O. The summed E-state index contributed by atoms with van der Waals surface area (Å²) in [6, 6.07) is 0. The lowest BCUT2D eigenvalue weighted by molar-refractivity contribution is -0.139. The second-order valence-electron chi connectivity index (χ2n) is 3.19. The average molecular weight is 185 g/mol. The lowest BCUT2D eigenvalue weighted by Gasteiger charge is -2.25. The van der Waals surface area contributed by atoms with Crippen molar-refractivity contribution in [3.8, 4) is 0 Å². The van der Waals surface area contributed by atoms with Crippen molar-refractivity contribution in [2.24, 2.45) is 0 Å². The molecule has 1 rings (SSSR count). The topological polar surface area (TPSA) is 46.6 Å². The van der Waals surface area contributed by atoms with Crippen molar-refractivity contribution in [3.05, 3.63) is 0 Å². The second-order valence-corrected chi connectivity index (χ2v) is 3.19. The van der Waals surface area contributed by atoms with Crippen molar-refractivity contribution in [1.82, 2.24) is 4.90 Å². The first-order valence-electron chi connectivity index (χ1n) is 4.52. The quantitative estimate of drug-likeness (QED) is 0.465. The molecule has 0 saturated carbocycles. The first-order chi connectivity index (χ1) is 6.24. The van der Waals surface area contributed by atoms with Crippen LogP contribution >= 0.6 is 0 Å². The summed E-state index contributed by atoms with van der Waals surface area (Å²) >= 11 is 0. The fourth-order valence-corrected chi connectivity index (χ4v) is 1.39. The predicted octanol–water partition coefficient (Wildman–Crippen LogP) is 0.214. The van der Waals surface area contributed by atoms with E-state index in [1.54, 1.807) is 12.0 Å². The normalized spacial score (nSPS) is 18.1. The molecule has 0 spiro atoms. The van der Waals surface area contributed by atoms with Crippen molar-refractivity contribution >= 4 is 11.7 Å². The van der Waals surface area contributed by atoms with Crippen molar-refractivity contribution in [2.45, 2.75) is 19.3 Å². The number of ether oxygens (including phenoxy) is 1. The monoisotopic (exact) mass is 185 g/mol. The Morgan fingerprint density at radius 3 is 2.85 bits per heavy atom. The lowest BCUT2D eigenvalue weighted by Crippen LogP contribution is -2.39. The van der Waals surface area contributed by atoms with Crippen molar-refractivity contribution < 1.29 is 14.3 Å². The number of hydrogen-bond donors (Lipinski definition) is 0. The van der Waals surface area contributed by atoms with Crippen molar-refractivity contribution in [3.63, 3.8) is 0 Å². The summed E-state index contributed by atoms with van der Waals surface area (Å²) in [7, 11) is 1.64. The molecule has 4 heteroatoms. The van der Waals surface area contributed by atoms with Crippen LogP contribution in [0.4, 0.5) is 0 Å². The lowest BCUT2D eigenvalue weighted by atomic mass is 10.1. The number of ketones is 1. The van der Waals surface area contributed by atoms with Gasteiger partial charge in [-0.05, 0) is 6.42 Å². The van der Waals surface area contributed by atoms with Gasteiger partial charge in [0.25, 0.3) is 0 Å². The van der Waals surface area contributed by atoms with Gasteiger partial charge in [-0.25, -0.2) is 0 Å². The molecule has 13 heavy (non-hydrogen) atoms. The molecule has 4 nitrogen and oxygen atoms in total. The zero-order chi connectivity index (χ0) is 9.68. The number of hydrogen-bond acceptors (Lipinski definition) is 3. The van der Waals surface area contributed by atoms with E-state index in [1.165, 1.54) is 0 Å². The van der Waals surface area contributed by atoms with Gasteiger partial charge in [0.2, 0.25) is 5.91 Å². The molecule has 0 aromatic heterocycles. The van der Waals surface area contributed by atoms with Gasteiger partial charge in [0.15, 0.2) is 0 Å². The van der Waals surface area contributed by atoms with Gasteiger partial charge in [-0.2, -0.15) is 0 Å². The molecule has 74 valence electrons. The van der Waals surface area contributed by atoms with E-state index in [9.17, 15) is 9.59 Å². The molecular weight excluding hydrogens is 170 g/mol. The number of likely N-dealkylation sites (tertiary alicyclic amines) is 1.